The fourth-order valence-electron chi connectivity index (χ4n) is 2.13. The molecule has 192 valence electrons. The van der Waals surface area contributed by atoms with Crippen molar-refractivity contribution in [2.45, 2.75) is 51.7 Å². The highest BCUT2D eigenvalue weighted by atomic mass is 33.1. The summed E-state index contributed by atoms with van der Waals surface area (Å²) in [6, 6.07) is 0. The van der Waals surface area contributed by atoms with Crippen LogP contribution in [0.15, 0.2) is 0 Å². The Balaban J connectivity index is 3.45. The minimum Gasteiger partial charge on any atom is -0.450 e. The summed E-state index contributed by atoms with van der Waals surface area (Å²) in [5.74, 6) is 1.64. The standard InChI is InChI=1S/C21H44N2O6S3/c1-5-22-10-15-25-17-18-26-16-11-23-20(24)28-14-9-21(3,4)32-31-19-27-12-7-8-13-29-30-6-2/h22H,5-19H2,1-4H3,(H,23,24). The van der Waals surface area contributed by atoms with Gasteiger partial charge < -0.3 is 33.8 Å². The molecule has 0 heterocycles. The normalized spacial score (nSPS) is 11.6. The molecule has 0 saturated heterocycles. The van der Waals surface area contributed by atoms with Crippen LogP contribution < -0.4 is 10.6 Å². The van der Waals surface area contributed by atoms with Gasteiger partial charge >= 0.3 is 6.09 Å². The van der Waals surface area contributed by atoms with Crippen molar-refractivity contribution >= 4 is 39.7 Å². The van der Waals surface area contributed by atoms with Gasteiger partial charge in [-0.05, 0) is 51.7 Å². The predicted molar refractivity (Wildman–Crippen MR) is 138 cm³/mol. The van der Waals surface area contributed by atoms with Crippen molar-refractivity contribution in [3.8, 4) is 0 Å². The highest BCUT2D eigenvalue weighted by Gasteiger charge is 2.19. The Bertz CT molecular complexity index is 423. The van der Waals surface area contributed by atoms with Crippen molar-refractivity contribution in [3.63, 3.8) is 0 Å². The van der Waals surface area contributed by atoms with Crippen LogP contribution in [0.2, 0.25) is 0 Å². The average molecular weight is 517 g/mol. The summed E-state index contributed by atoms with van der Waals surface area (Å²) < 4.78 is 27.1. The molecule has 0 atom stereocenters. The number of hydrogen-bond acceptors (Lipinski definition) is 10. The molecule has 0 aromatic carbocycles. The van der Waals surface area contributed by atoms with Crippen LogP contribution in [0.1, 0.15) is 47.0 Å². The zero-order valence-electron chi connectivity index (χ0n) is 20.3. The average Bonchev–Trinajstić information content (AvgIpc) is 2.76. The molecule has 0 saturated carbocycles. The van der Waals surface area contributed by atoms with E-state index in [2.05, 4.69) is 38.3 Å². The Morgan fingerprint density at radius 2 is 1.59 bits per heavy atom. The molecule has 0 aliphatic rings. The third kappa shape index (κ3) is 24.8. The van der Waals surface area contributed by atoms with E-state index in [1.54, 1.807) is 21.6 Å². The van der Waals surface area contributed by atoms with Gasteiger partial charge in [-0.1, -0.05) is 35.4 Å². The molecule has 0 fully saturated rings. The summed E-state index contributed by atoms with van der Waals surface area (Å²) in [7, 11) is 3.45. The second kappa shape index (κ2) is 24.3. The number of hydrogen-bond donors (Lipinski definition) is 2. The smallest absolute Gasteiger partial charge is 0.407 e. The van der Waals surface area contributed by atoms with Crippen LogP contribution in [0.5, 0.6) is 0 Å². The van der Waals surface area contributed by atoms with Crippen molar-refractivity contribution in [1.29, 1.82) is 0 Å². The Morgan fingerprint density at radius 3 is 2.31 bits per heavy atom. The number of ether oxygens (including phenoxy) is 4. The van der Waals surface area contributed by atoms with E-state index in [0.29, 0.717) is 45.5 Å². The first-order chi connectivity index (χ1) is 15.5. The molecule has 0 aliphatic carbocycles. The lowest BCUT2D eigenvalue weighted by Crippen LogP contribution is -2.29. The Kier molecular flexibility index (Phi) is 24.3. The van der Waals surface area contributed by atoms with Gasteiger partial charge in [-0.2, -0.15) is 0 Å². The number of rotatable bonds is 24. The fourth-order valence-corrected chi connectivity index (χ4v) is 4.81. The molecule has 0 aromatic heterocycles. The van der Waals surface area contributed by atoms with Gasteiger partial charge in [0, 0.05) is 30.2 Å². The SMILES string of the molecule is CCNCCOCCOCCNC(=O)OCCC(C)(C)SSCOCCCCOSCC. The van der Waals surface area contributed by atoms with Crippen LogP contribution in [-0.2, 0) is 23.1 Å². The number of unbranched alkanes of at least 4 members (excludes halogenated alkanes) is 1. The predicted octanol–water partition coefficient (Wildman–Crippen LogP) is 4.34. The van der Waals surface area contributed by atoms with Gasteiger partial charge in [0.25, 0.3) is 0 Å². The van der Waals surface area contributed by atoms with E-state index in [-0.39, 0.29) is 4.75 Å². The van der Waals surface area contributed by atoms with E-state index in [4.69, 9.17) is 23.1 Å². The summed E-state index contributed by atoms with van der Waals surface area (Å²) in [6.45, 7) is 14.7. The molecule has 32 heavy (non-hydrogen) atoms. The third-order valence-corrected chi connectivity index (χ3v) is 7.48. The first kappa shape index (κ1) is 32.1. The van der Waals surface area contributed by atoms with Crippen LogP contribution >= 0.6 is 33.6 Å². The van der Waals surface area contributed by atoms with E-state index < -0.39 is 6.09 Å². The Hall–Kier alpha value is 0.120. The molecule has 1 amide bonds. The summed E-state index contributed by atoms with van der Waals surface area (Å²) in [4.78, 5) is 11.7. The van der Waals surface area contributed by atoms with Gasteiger partial charge in [0.2, 0.25) is 0 Å². The van der Waals surface area contributed by atoms with Crippen LogP contribution in [0, 0.1) is 0 Å². The Labute approximate surface area is 207 Å². The fraction of sp³-hybridized carbons (Fsp3) is 0.952. The minimum absolute atomic E-state index is 0.00468. The quantitative estimate of drug-likeness (QED) is 0.0836. The van der Waals surface area contributed by atoms with Gasteiger partial charge in [0.05, 0.1) is 39.6 Å². The van der Waals surface area contributed by atoms with Crippen molar-refractivity contribution in [3.05, 3.63) is 0 Å². The zero-order chi connectivity index (χ0) is 23.8. The second-order valence-electron chi connectivity index (χ2n) is 7.31. The third-order valence-electron chi connectivity index (χ3n) is 3.88. The molecule has 0 bridgehead atoms. The van der Waals surface area contributed by atoms with Crippen molar-refractivity contribution in [1.82, 2.24) is 10.6 Å². The molecule has 2 N–H and O–H groups in total. The highest BCUT2D eigenvalue weighted by Crippen LogP contribution is 2.37. The van der Waals surface area contributed by atoms with E-state index in [9.17, 15) is 4.79 Å². The Morgan fingerprint density at radius 1 is 0.875 bits per heavy atom. The summed E-state index contributed by atoms with van der Waals surface area (Å²) >= 11 is 1.51. The molecular weight excluding hydrogens is 472 g/mol. The second-order valence-corrected chi connectivity index (χ2v) is 11.3. The molecule has 11 heteroatoms. The molecule has 0 aliphatic heterocycles. The van der Waals surface area contributed by atoms with Crippen LogP contribution in [0.25, 0.3) is 0 Å². The largest absolute Gasteiger partial charge is 0.450 e. The molecule has 0 spiro atoms. The summed E-state index contributed by atoms with van der Waals surface area (Å²) in [6.07, 6.45) is 2.39. The minimum atomic E-state index is -0.409. The van der Waals surface area contributed by atoms with Crippen molar-refractivity contribution < 1.29 is 27.9 Å². The molecule has 0 rings (SSSR count). The first-order valence-corrected chi connectivity index (χ1v) is 14.6. The number of carbonyl (C=O) groups excluding carboxylic acids is 1. The van der Waals surface area contributed by atoms with Crippen LogP contribution in [-0.4, -0.2) is 88.4 Å². The van der Waals surface area contributed by atoms with Gasteiger partial charge in [0.1, 0.15) is 5.94 Å². The molecular formula is C21H44N2O6S3. The number of alkyl carbamates (subject to hydrolysis) is 1. The van der Waals surface area contributed by atoms with Crippen LogP contribution in [0.3, 0.4) is 0 Å². The zero-order valence-corrected chi connectivity index (χ0v) is 22.7. The monoisotopic (exact) mass is 516 g/mol. The molecule has 8 nitrogen and oxygen atoms in total. The van der Waals surface area contributed by atoms with Crippen molar-refractivity contribution in [2.75, 3.05) is 77.6 Å². The number of likely N-dealkylation sites (N-methyl/N-ethyl adjacent to an activating group) is 1. The maximum Gasteiger partial charge on any atom is 0.407 e. The molecule has 0 radical (unpaired) electrons. The van der Waals surface area contributed by atoms with E-state index in [1.165, 1.54) is 12.0 Å². The highest BCUT2D eigenvalue weighted by molar-refractivity contribution is 8.77. The lowest BCUT2D eigenvalue weighted by atomic mass is 10.1. The number of carbonyl (C=O) groups is 1. The lowest BCUT2D eigenvalue weighted by molar-refractivity contribution is 0.0494. The molecule has 0 aromatic rings. The van der Waals surface area contributed by atoms with Gasteiger partial charge in [-0.3, -0.25) is 0 Å². The first-order valence-electron chi connectivity index (χ1n) is 11.4. The number of nitrogens with one attached hydrogen (secondary N) is 2. The van der Waals surface area contributed by atoms with E-state index in [1.807, 2.05) is 0 Å². The van der Waals surface area contributed by atoms with E-state index >= 15 is 0 Å². The topological polar surface area (TPSA) is 87.3 Å². The van der Waals surface area contributed by atoms with Gasteiger partial charge in [-0.25, -0.2) is 4.79 Å². The van der Waals surface area contributed by atoms with Gasteiger partial charge in [0.15, 0.2) is 0 Å². The number of amides is 1. The maximum atomic E-state index is 11.7. The summed E-state index contributed by atoms with van der Waals surface area (Å²) in [5.41, 5.74) is 0. The molecule has 0 unspecified atom stereocenters. The summed E-state index contributed by atoms with van der Waals surface area (Å²) in [5, 5.41) is 5.88. The van der Waals surface area contributed by atoms with E-state index in [0.717, 1.165) is 51.3 Å². The lowest BCUT2D eigenvalue weighted by Gasteiger charge is -2.22. The van der Waals surface area contributed by atoms with Crippen LogP contribution in [0.4, 0.5) is 4.79 Å². The maximum absolute atomic E-state index is 11.7. The van der Waals surface area contributed by atoms with Crippen molar-refractivity contribution in [2.24, 2.45) is 0 Å². The van der Waals surface area contributed by atoms with Gasteiger partial charge in [-0.15, -0.1) is 0 Å².